The molecule has 2 aromatic rings. The topological polar surface area (TPSA) is 67.2 Å². The quantitative estimate of drug-likeness (QED) is 0.599. The Morgan fingerprint density at radius 1 is 1.15 bits per heavy atom. The smallest absolute Gasteiger partial charge is 0.277 e. The molecular formula is C27H37ClN4O2. The average Bonchev–Trinajstić information content (AvgIpc) is 3.17. The number of nitrogens with one attached hydrogen (secondary N) is 1. The molecule has 1 atom stereocenters. The Hall–Kier alpha value is -2.34. The maximum absolute atomic E-state index is 14.0. The molecule has 0 saturated heterocycles. The standard InChI is InChI=1S/C27H37ClN4O2/c1-18-20(28)14-11-15-21(18)32-24(33)22-16-23(26(2,3)4)30-31(22)17-27(32,5)25(34)29-19-12-9-7-6-8-10-13-19/h11,14-16,19H,6-10,12-13,17H2,1-5H3,(H,29,34)/t27-/m1/s1. The van der Waals surface area contributed by atoms with E-state index in [0.717, 1.165) is 36.9 Å². The van der Waals surface area contributed by atoms with E-state index in [1.165, 1.54) is 19.3 Å². The molecule has 1 aliphatic heterocycles. The molecule has 0 bridgehead atoms. The number of carbonyl (C=O) groups is 2. The number of nitrogens with zero attached hydrogens (tertiary/aromatic N) is 3. The van der Waals surface area contributed by atoms with Gasteiger partial charge in [0.25, 0.3) is 5.91 Å². The van der Waals surface area contributed by atoms with Crippen molar-refractivity contribution in [2.24, 2.45) is 0 Å². The highest BCUT2D eigenvalue weighted by Gasteiger charge is 2.50. The van der Waals surface area contributed by atoms with Crippen molar-refractivity contribution in [1.82, 2.24) is 15.1 Å². The van der Waals surface area contributed by atoms with Crippen molar-refractivity contribution in [2.75, 3.05) is 4.90 Å². The number of amides is 2. The summed E-state index contributed by atoms with van der Waals surface area (Å²) in [6.45, 7) is 10.3. The third kappa shape index (κ3) is 4.61. The molecule has 0 radical (unpaired) electrons. The van der Waals surface area contributed by atoms with Gasteiger partial charge in [0, 0.05) is 22.2 Å². The summed E-state index contributed by atoms with van der Waals surface area (Å²) in [5.74, 6) is -0.362. The van der Waals surface area contributed by atoms with Crippen LogP contribution in [0.15, 0.2) is 24.3 Å². The van der Waals surface area contributed by atoms with Gasteiger partial charge >= 0.3 is 0 Å². The van der Waals surface area contributed by atoms with Crippen LogP contribution in [0.2, 0.25) is 5.02 Å². The van der Waals surface area contributed by atoms with Gasteiger partial charge in [0.15, 0.2) is 0 Å². The van der Waals surface area contributed by atoms with Crippen LogP contribution in [0.25, 0.3) is 0 Å². The molecule has 4 rings (SSSR count). The molecule has 6 nitrogen and oxygen atoms in total. The second-order valence-electron chi connectivity index (χ2n) is 11.1. The Morgan fingerprint density at radius 3 is 2.44 bits per heavy atom. The summed E-state index contributed by atoms with van der Waals surface area (Å²) >= 11 is 6.45. The van der Waals surface area contributed by atoms with Gasteiger partial charge in [-0.15, -0.1) is 0 Å². The fourth-order valence-electron chi connectivity index (χ4n) is 5.11. The van der Waals surface area contributed by atoms with Crippen molar-refractivity contribution in [3.05, 3.63) is 46.2 Å². The SMILES string of the molecule is Cc1c(Cl)cccc1N1C(=O)c2cc(C(C)(C)C)nn2C[C@]1(C)C(=O)NC1CCCCCCC1. The molecule has 0 unspecified atom stereocenters. The highest BCUT2D eigenvalue weighted by molar-refractivity contribution is 6.32. The first-order valence-corrected chi connectivity index (χ1v) is 12.9. The number of aromatic nitrogens is 2. The van der Waals surface area contributed by atoms with Crippen LogP contribution in [-0.2, 0) is 16.8 Å². The number of fused-ring (bicyclic) bond motifs is 1. The molecule has 1 saturated carbocycles. The summed E-state index contributed by atoms with van der Waals surface area (Å²) in [6, 6.07) is 7.50. The lowest BCUT2D eigenvalue weighted by Crippen LogP contribution is -2.65. The van der Waals surface area contributed by atoms with Crippen molar-refractivity contribution >= 4 is 29.1 Å². The second-order valence-corrected chi connectivity index (χ2v) is 11.5. The van der Waals surface area contributed by atoms with Gasteiger partial charge in [0.1, 0.15) is 11.2 Å². The van der Waals surface area contributed by atoms with Crippen LogP contribution in [0.1, 0.15) is 94.4 Å². The lowest BCUT2D eigenvalue weighted by molar-refractivity contribution is -0.127. The van der Waals surface area contributed by atoms with Crippen LogP contribution in [0.4, 0.5) is 5.69 Å². The molecule has 1 aromatic heterocycles. The summed E-state index contributed by atoms with van der Waals surface area (Å²) in [7, 11) is 0. The number of anilines is 1. The summed E-state index contributed by atoms with van der Waals surface area (Å²) in [6.07, 6.45) is 7.89. The fraction of sp³-hybridized carbons (Fsp3) is 0.593. The Kier molecular flexibility index (Phi) is 6.83. The predicted molar refractivity (Wildman–Crippen MR) is 137 cm³/mol. The number of rotatable bonds is 3. The minimum Gasteiger partial charge on any atom is -0.351 e. The minimum absolute atomic E-state index is 0.131. The maximum atomic E-state index is 14.0. The molecule has 34 heavy (non-hydrogen) atoms. The van der Waals surface area contributed by atoms with E-state index >= 15 is 0 Å². The Morgan fingerprint density at radius 2 is 1.79 bits per heavy atom. The first-order valence-electron chi connectivity index (χ1n) is 12.5. The number of carbonyl (C=O) groups excluding carboxylic acids is 2. The van der Waals surface area contributed by atoms with Gasteiger partial charge in [-0.25, -0.2) is 0 Å². The second kappa shape index (κ2) is 9.37. The van der Waals surface area contributed by atoms with E-state index in [2.05, 4.69) is 26.1 Å². The first-order chi connectivity index (χ1) is 16.0. The van der Waals surface area contributed by atoms with E-state index in [0.29, 0.717) is 16.4 Å². The highest BCUT2D eigenvalue weighted by atomic mass is 35.5. The zero-order chi connectivity index (χ0) is 24.7. The van der Waals surface area contributed by atoms with Crippen molar-refractivity contribution in [2.45, 2.75) is 103 Å². The van der Waals surface area contributed by atoms with E-state index in [-0.39, 0.29) is 29.8 Å². The Labute approximate surface area is 208 Å². The zero-order valence-electron chi connectivity index (χ0n) is 21.1. The largest absolute Gasteiger partial charge is 0.351 e. The monoisotopic (exact) mass is 484 g/mol. The Balaban J connectivity index is 1.77. The van der Waals surface area contributed by atoms with Crippen molar-refractivity contribution < 1.29 is 9.59 Å². The van der Waals surface area contributed by atoms with Gasteiger partial charge in [0.2, 0.25) is 5.91 Å². The Bertz CT molecular complexity index is 1080. The molecule has 1 aliphatic carbocycles. The average molecular weight is 485 g/mol. The van der Waals surface area contributed by atoms with Crippen LogP contribution in [-0.4, -0.2) is 33.2 Å². The molecule has 0 spiro atoms. The van der Waals surface area contributed by atoms with E-state index in [4.69, 9.17) is 16.7 Å². The van der Waals surface area contributed by atoms with Gasteiger partial charge in [-0.3, -0.25) is 19.2 Å². The lowest BCUT2D eigenvalue weighted by Gasteiger charge is -2.44. The maximum Gasteiger partial charge on any atom is 0.277 e. The van der Waals surface area contributed by atoms with Gasteiger partial charge in [-0.1, -0.05) is 70.5 Å². The minimum atomic E-state index is -1.14. The molecular weight excluding hydrogens is 448 g/mol. The van der Waals surface area contributed by atoms with E-state index < -0.39 is 5.54 Å². The van der Waals surface area contributed by atoms with Gasteiger partial charge < -0.3 is 5.32 Å². The molecule has 1 fully saturated rings. The molecule has 2 amide bonds. The molecule has 1 aromatic carbocycles. The lowest BCUT2D eigenvalue weighted by atomic mass is 9.90. The van der Waals surface area contributed by atoms with Crippen molar-refractivity contribution in [3.8, 4) is 0 Å². The van der Waals surface area contributed by atoms with E-state index in [1.807, 2.05) is 38.1 Å². The fourth-order valence-corrected chi connectivity index (χ4v) is 5.27. The summed E-state index contributed by atoms with van der Waals surface area (Å²) in [5.41, 5.74) is 1.44. The van der Waals surface area contributed by atoms with Gasteiger partial charge in [-0.2, -0.15) is 5.10 Å². The van der Waals surface area contributed by atoms with Crippen LogP contribution in [0.5, 0.6) is 0 Å². The number of hydrogen-bond donors (Lipinski definition) is 1. The zero-order valence-corrected chi connectivity index (χ0v) is 21.8. The van der Waals surface area contributed by atoms with Crippen LogP contribution < -0.4 is 10.2 Å². The summed E-state index contributed by atoms with van der Waals surface area (Å²) in [4.78, 5) is 29.6. The molecule has 2 aliphatic rings. The van der Waals surface area contributed by atoms with E-state index in [1.54, 1.807) is 9.58 Å². The number of hydrogen-bond acceptors (Lipinski definition) is 3. The summed E-state index contributed by atoms with van der Waals surface area (Å²) in [5, 5.41) is 8.64. The third-order valence-corrected chi connectivity index (χ3v) is 7.74. The molecule has 1 N–H and O–H groups in total. The number of halogens is 1. The number of benzene rings is 1. The van der Waals surface area contributed by atoms with Crippen LogP contribution >= 0.6 is 11.6 Å². The van der Waals surface area contributed by atoms with Crippen molar-refractivity contribution in [3.63, 3.8) is 0 Å². The highest BCUT2D eigenvalue weighted by Crippen LogP contribution is 2.38. The molecule has 7 heteroatoms. The van der Waals surface area contributed by atoms with Gasteiger partial charge in [-0.05, 0) is 50.5 Å². The molecule has 2 heterocycles. The predicted octanol–water partition coefficient (Wildman–Crippen LogP) is 5.79. The van der Waals surface area contributed by atoms with Crippen LogP contribution in [0.3, 0.4) is 0 Å². The van der Waals surface area contributed by atoms with E-state index in [9.17, 15) is 9.59 Å². The van der Waals surface area contributed by atoms with Gasteiger partial charge in [0.05, 0.1) is 12.2 Å². The normalized spacial score (nSPS) is 22.2. The third-order valence-electron chi connectivity index (χ3n) is 7.33. The molecule has 184 valence electrons. The van der Waals surface area contributed by atoms with Crippen LogP contribution in [0, 0.1) is 6.92 Å². The first kappa shape index (κ1) is 24.8. The van der Waals surface area contributed by atoms with Crippen molar-refractivity contribution in [1.29, 1.82) is 0 Å². The summed E-state index contributed by atoms with van der Waals surface area (Å²) < 4.78 is 1.72.